The highest BCUT2D eigenvalue weighted by molar-refractivity contribution is 4.88. The molecule has 2 rings (SSSR count). The van der Waals surface area contributed by atoms with E-state index < -0.39 is 0 Å². The number of nitrogens with one attached hydrogen (secondary N) is 1. The van der Waals surface area contributed by atoms with Gasteiger partial charge in [-0.25, -0.2) is 0 Å². The van der Waals surface area contributed by atoms with E-state index in [1.807, 2.05) is 0 Å². The second kappa shape index (κ2) is 7.79. The summed E-state index contributed by atoms with van der Waals surface area (Å²) in [4.78, 5) is 2.79. The van der Waals surface area contributed by atoms with E-state index in [2.05, 4.69) is 37.9 Å². The zero-order valence-electron chi connectivity index (χ0n) is 14.2. The molecular formula is C18H36N2. The molecule has 5 unspecified atom stereocenters. The van der Waals surface area contributed by atoms with Crippen LogP contribution in [0.1, 0.15) is 66.2 Å². The third kappa shape index (κ3) is 4.46. The SMILES string of the molecule is CCCNC1CCC(C)CC1CN1CC(C)CCC1C. The maximum atomic E-state index is 3.83. The summed E-state index contributed by atoms with van der Waals surface area (Å²) in [6.07, 6.45) is 8.33. The Morgan fingerprint density at radius 1 is 1.00 bits per heavy atom. The van der Waals surface area contributed by atoms with Crippen LogP contribution in [-0.4, -0.2) is 36.6 Å². The third-order valence-electron chi connectivity index (χ3n) is 5.62. The van der Waals surface area contributed by atoms with Crippen LogP contribution in [0.5, 0.6) is 0 Å². The van der Waals surface area contributed by atoms with Crippen molar-refractivity contribution in [3.63, 3.8) is 0 Å². The molecule has 0 aromatic carbocycles. The van der Waals surface area contributed by atoms with Gasteiger partial charge >= 0.3 is 0 Å². The topological polar surface area (TPSA) is 15.3 Å². The first kappa shape index (κ1) is 16.3. The van der Waals surface area contributed by atoms with E-state index in [9.17, 15) is 0 Å². The molecule has 1 saturated carbocycles. The zero-order chi connectivity index (χ0) is 14.5. The highest BCUT2D eigenvalue weighted by Crippen LogP contribution is 2.32. The Bertz CT molecular complexity index is 277. The lowest BCUT2D eigenvalue weighted by molar-refractivity contribution is 0.0756. The molecule has 2 aliphatic rings. The van der Waals surface area contributed by atoms with Crippen molar-refractivity contribution in [2.24, 2.45) is 17.8 Å². The van der Waals surface area contributed by atoms with Gasteiger partial charge in [0.25, 0.3) is 0 Å². The molecule has 20 heavy (non-hydrogen) atoms. The molecule has 2 fully saturated rings. The average molecular weight is 280 g/mol. The van der Waals surface area contributed by atoms with Crippen LogP contribution in [0.2, 0.25) is 0 Å². The van der Waals surface area contributed by atoms with Crippen LogP contribution < -0.4 is 5.32 Å². The highest BCUT2D eigenvalue weighted by atomic mass is 15.2. The van der Waals surface area contributed by atoms with Crippen LogP contribution in [0.15, 0.2) is 0 Å². The zero-order valence-corrected chi connectivity index (χ0v) is 14.2. The first-order chi connectivity index (χ1) is 9.60. The van der Waals surface area contributed by atoms with E-state index in [4.69, 9.17) is 0 Å². The molecule has 0 bridgehead atoms. The fourth-order valence-electron chi connectivity index (χ4n) is 4.23. The average Bonchev–Trinajstić information content (AvgIpc) is 2.42. The van der Waals surface area contributed by atoms with E-state index in [0.717, 1.165) is 29.8 Å². The van der Waals surface area contributed by atoms with Crippen LogP contribution in [0.4, 0.5) is 0 Å². The van der Waals surface area contributed by atoms with Crippen molar-refractivity contribution < 1.29 is 0 Å². The Morgan fingerprint density at radius 3 is 2.50 bits per heavy atom. The summed E-state index contributed by atoms with van der Waals surface area (Å²) in [7, 11) is 0. The highest BCUT2D eigenvalue weighted by Gasteiger charge is 2.32. The standard InChI is InChI=1S/C18H36N2/c1-5-10-19-18-9-7-14(2)11-17(18)13-20-12-15(3)6-8-16(20)4/h14-19H,5-13H2,1-4H3. The molecule has 0 amide bonds. The van der Waals surface area contributed by atoms with Gasteiger partial charge in [-0.05, 0) is 69.7 Å². The van der Waals surface area contributed by atoms with E-state index in [1.165, 1.54) is 58.2 Å². The normalized spacial score (nSPS) is 39.9. The Balaban J connectivity index is 1.91. The molecule has 118 valence electrons. The van der Waals surface area contributed by atoms with Crippen molar-refractivity contribution in [2.45, 2.75) is 78.3 Å². The predicted octanol–water partition coefficient (Wildman–Crippen LogP) is 3.91. The molecule has 5 atom stereocenters. The molecule has 2 nitrogen and oxygen atoms in total. The molecule has 1 aliphatic carbocycles. The van der Waals surface area contributed by atoms with Crippen LogP contribution >= 0.6 is 0 Å². The largest absolute Gasteiger partial charge is 0.314 e. The first-order valence-corrected chi connectivity index (χ1v) is 9.07. The molecule has 1 saturated heterocycles. The van der Waals surface area contributed by atoms with Gasteiger partial charge in [0.1, 0.15) is 0 Å². The van der Waals surface area contributed by atoms with Crippen LogP contribution in [0, 0.1) is 17.8 Å². The Kier molecular flexibility index (Phi) is 6.35. The van der Waals surface area contributed by atoms with Crippen molar-refractivity contribution >= 4 is 0 Å². The maximum absolute atomic E-state index is 3.83. The minimum Gasteiger partial charge on any atom is -0.314 e. The summed E-state index contributed by atoms with van der Waals surface area (Å²) in [5.41, 5.74) is 0. The molecule has 1 heterocycles. The predicted molar refractivity (Wildman–Crippen MR) is 88.0 cm³/mol. The van der Waals surface area contributed by atoms with E-state index in [-0.39, 0.29) is 0 Å². The molecule has 0 aromatic heterocycles. The third-order valence-corrected chi connectivity index (χ3v) is 5.62. The second-order valence-corrected chi connectivity index (χ2v) is 7.72. The summed E-state index contributed by atoms with van der Waals surface area (Å²) in [5.74, 6) is 2.70. The lowest BCUT2D eigenvalue weighted by atomic mass is 9.78. The van der Waals surface area contributed by atoms with E-state index in [1.54, 1.807) is 0 Å². The minimum atomic E-state index is 0.774. The Labute approximate surface area is 126 Å². The van der Waals surface area contributed by atoms with Gasteiger partial charge < -0.3 is 10.2 Å². The van der Waals surface area contributed by atoms with E-state index >= 15 is 0 Å². The first-order valence-electron chi connectivity index (χ1n) is 9.07. The number of rotatable bonds is 5. The number of piperidine rings is 1. The molecular weight excluding hydrogens is 244 g/mol. The second-order valence-electron chi connectivity index (χ2n) is 7.72. The van der Waals surface area contributed by atoms with Gasteiger partial charge in [0, 0.05) is 25.2 Å². The van der Waals surface area contributed by atoms with Crippen molar-refractivity contribution in [1.82, 2.24) is 10.2 Å². The van der Waals surface area contributed by atoms with Crippen LogP contribution in [0.25, 0.3) is 0 Å². The molecule has 1 aliphatic heterocycles. The molecule has 0 aromatic rings. The van der Waals surface area contributed by atoms with Gasteiger partial charge in [0.2, 0.25) is 0 Å². The van der Waals surface area contributed by atoms with Gasteiger partial charge in [0.15, 0.2) is 0 Å². The molecule has 0 radical (unpaired) electrons. The van der Waals surface area contributed by atoms with Gasteiger partial charge in [-0.3, -0.25) is 0 Å². The molecule has 1 N–H and O–H groups in total. The number of nitrogens with zero attached hydrogens (tertiary/aromatic N) is 1. The quantitative estimate of drug-likeness (QED) is 0.821. The Morgan fingerprint density at radius 2 is 1.75 bits per heavy atom. The minimum absolute atomic E-state index is 0.774. The lowest BCUT2D eigenvalue weighted by Crippen LogP contribution is -2.50. The van der Waals surface area contributed by atoms with Crippen molar-refractivity contribution in [1.29, 1.82) is 0 Å². The number of hydrogen-bond donors (Lipinski definition) is 1. The number of hydrogen-bond acceptors (Lipinski definition) is 2. The van der Waals surface area contributed by atoms with Gasteiger partial charge in [-0.15, -0.1) is 0 Å². The molecule has 2 heteroatoms. The van der Waals surface area contributed by atoms with Crippen LogP contribution in [0.3, 0.4) is 0 Å². The van der Waals surface area contributed by atoms with E-state index in [0.29, 0.717) is 0 Å². The fraction of sp³-hybridized carbons (Fsp3) is 1.00. The summed E-state index contributed by atoms with van der Waals surface area (Å²) >= 11 is 0. The Hall–Kier alpha value is -0.0800. The van der Waals surface area contributed by atoms with Crippen molar-refractivity contribution in [3.05, 3.63) is 0 Å². The summed E-state index contributed by atoms with van der Waals surface area (Å²) in [6.45, 7) is 13.4. The lowest BCUT2D eigenvalue weighted by Gasteiger charge is -2.43. The summed E-state index contributed by atoms with van der Waals surface area (Å²) in [5, 5.41) is 3.83. The summed E-state index contributed by atoms with van der Waals surface area (Å²) < 4.78 is 0. The smallest absolute Gasteiger partial charge is 0.0108 e. The molecule has 0 spiro atoms. The van der Waals surface area contributed by atoms with Crippen molar-refractivity contribution in [3.8, 4) is 0 Å². The monoisotopic (exact) mass is 280 g/mol. The van der Waals surface area contributed by atoms with Crippen molar-refractivity contribution in [2.75, 3.05) is 19.6 Å². The summed E-state index contributed by atoms with van der Waals surface area (Å²) in [6, 6.07) is 1.57. The van der Waals surface area contributed by atoms with Crippen LogP contribution in [-0.2, 0) is 0 Å². The van der Waals surface area contributed by atoms with Gasteiger partial charge in [-0.1, -0.05) is 20.8 Å². The van der Waals surface area contributed by atoms with Gasteiger partial charge in [0.05, 0.1) is 0 Å². The number of likely N-dealkylation sites (tertiary alicyclic amines) is 1. The van der Waals surface area contributed by atoms with Gasteiger partial charge in [-0.2, -0.15) is 0 Å². The maximum Gasteiger partial charge on any atom is 0.0108 e. The fourth-order valence-corrected chi connectivity index (χ4v) is 4.23.